The molecule has 0 amide bonds. The molecule has 168 valence electrons. The Labute approximate surface area is 215 Å². The van der Waals surface area contributed by atoms with Gasteiger partial charge in [0.25, 0.3) is 0 Å². The molecule has 0 heterocycles. The van der Waals surface area contributed by atoms with Gasteiger partial charge in [-0.25, -0.2) is 0 Å². The smallest absolute Gasteiger partial charge is 0.0000260 e. The largest absolute Gasteiger partial charge is 0.0610 e. The van der Waals surface area contributed by atoms with E-state index in [0.29, 0.717) is 0 Å². The van der Waals surface area contributed by atoms with Crippen LogP contribution in [0, 0.1) is 0 Å². The summed E-state index contributed by atoms with van der Waals surface area (Å²) in [6, 6.07) is 37.6. The minimum absolute atomic E-state index is 1.35. The summed E-state index contributed by atoms with van der Waals surface area (Å²) in [6.07, 6.45) is 0. The molecule has 0 aliphatic rings. The molecule has 12 rings (SSSR count). The Morgan fingerprint density at radius 3 is 1.24 bits per heavy atom. The average Bonchev–Trinajstić information content (AvgIpc) is 2.97. The Morgan fingerprint density at radius 2 is 0.579 bits per heavy atom. The van der Waals surface area contributed by atoms with Gasteiger partial charge in [-0.3, -0.25) is 0 Å². The lowest BCUT2D eigenvalue weighted by atomic mass is 9.75. The zero-order valence-corrected chi connectivity index (χ0v) is 20.2. The average molecular weight is 473 g/mol. The summed E-state index contributed by atoms with van der Waals surface area (Å²) in [5, 5.41) is 31.1. The zero-order chi connectivity index (χ0) is 24.0. The Balaban J connectivity index is 1.69. The van der Waals surface area contributed by atoms with Crippen molar-refractivity contribution in [2.45, 2.75) is 0 Å². The minimum atomic E-state index is 1.35. The monoisotopic (exact) mass is 472 g/mol. The van der Waals surface area contributed by atoms with Crippen molar-refractivity contribution in [2.75, 3.05) is 0 Å². The molecular weight excluding hydrogens is 456 g/mol. The highest BCUT2D eigenvalue weighted by Gasteiger charge is 2.28. The minimum Gasteiger partial charge on any atom is -0.0610 e. The van der Waals surface area contributed by atoms with E-state index in [1.165, 1.54) is 118 Å². The van der Waals surface area contributed by atoms with Gasteiger partial charge < -0.3 is 0 Å². The highest BCUT2D eigenvalue weighted by atomic mass is 14.3. The number of hydrogen-bond donors (Lipinski definition) is 0. The van der Waals surface area contributed by atoms with Gasteiger partial charge in [0.1, 0.15) is 0 Å². The Kier molecular flexibility index (Phi) is 2.40. The zero-order valence-electron chi connectivity index (χ0n) is 20.2. The van der Waals surface area contributed by atoms with Crippen LogP contribution in [0.4, 0.5) is 0 Å². The van der Waals surface area contributed by atoms with E-state index < -0.39 is 0 Å². The van der Waals surface area contributed by atoms with Crippen LogP contribution in [0.25, 0.3) is 118 Å². The van der Waals surface area contributed by atoms with E-state index in [4.69, 9.17) is 0 Å². The third-order valence-electron chi connectivity index (χ3n) is 10.1. The quantitative estimate of drug-likeness (QED) is 0.152. The van der Waals surface area contributed by atoms with Gasteiger partial charge in [0.05, 0.1) is 0 Å². The lowest BCUT2D eigenvalue weighted by molar-refractivity contribution is 1.81. The molecule has 12 aromatic rings. The Hall–Kier alpha value is -4.94. The van der Waals surface area contributed by atoms with Crippen LogP contribution in [-0.4, -0.2) is 0 Å². The van der Waals surface area contributed by atoms with Gasteiger partial charge in [0, 0.05) is 0 Å². The second-order valence-electron chi connectivity index (χ2n) is 11.6. The van der Waals surface area contributed by atoms with Gasteiger partial charge in [-0.15, -0.1) is 0 Å². The summed E-state index contributed by atoms with van der Waals surface area (Å²) in [5.74, 6) is 0. The molecular formula is C38H16. The normalized spacial score (nSPS) is 13.8. The standard InChI is InChI=1S/C38H16/c1-3-19-15-21-11-12-22-16-20-10-9-17-7-8-18-13-14-26-25-6-2-5-24-23(4-1)27(19)35-31(21)32(22)36-30(20)28(17)29(18)34(26)38(36)37(35)33(24)25/h1-16H. The fourth-order valence-electron chi connectivity index (χ4n) is 8.84. The number of rotatable bonds is 0. The number of benzene rings is 12. The van der Waals surface area contributed by atoms with E-state index >= 15 is 0 Å². The first-order chi connectivity index (χ1) is 18.9. The summed E-state index contributed by atoms with van der Waals surface area (Å²) < 4.78 is 0. The molecule has 38 heavy (non-hydrogen) atoms. The lowest BCUT2D eigenvalue weighted by Gasteiger charge is -2.27. The molecule has 0 atom stereocenters. The van der Waals surface area contributed by atoms with Crippen molar-refractivity contribution in [3.63, 3.8) is 0 Å². The van der Waals surface area contributed by atoms with Crippen LogP contribution >= 0.6 is 0 Å². The SMILES string of the molecule is c1cc2cc3ccc4cc5ccc6ccc7ccc8c9cccc%10c(c1)c2c1c3c4c2c5c6c7c8c2c1c%109. The Morgan fingerprint density at radius 1 is 0.211 bits per heavy atom. The molecule has 0 radical (unpaired) electrons. The van der Waals surface area contributed by atoms with Crippen LogP contribution in [0.15, 0.2) is 97.1 Å². The molecule has 0 nitrogen and oxygen atoms in total. The maximum absolute atomic E-state index is 2.44. The van der Waals surface area contributed by atoms with Crippen LogP contribution in [0.3, 0.4) is 0 Å². The molecule has 0 bridgehead atoms. The third kappa shape index (κ3) is 1.54. The summed E-state index contributed by atoms with van der Waals surface area (Å²) in [7, 11) is 0. The second kappa shape index (κ2) is 5.21. The molecule has 12 aromatic carbocycles. The van der Waals surface area contributed by atoms with Crippen molar-refractivity contribution in [2.24, 2.45) is 0 Å². The maximum atomic E-state index is 2.44. The molecule has 0 unspecified atom stereocenters. The molecule has 0 heteroatoms. The van der Waals surface area contributed by atoms with E-state index in [0.717, 1.165) is 0 Å². The second-order valence-corrected chi connectivity index (χ2v) is 11.6. The van der Waals surface area contributed by atoms with E-state index in [1.54, 1.807) is 0 Å². The van der Waals surface area contributed by atoms with E-state index in [1.807, 2.05) is 0 Å². The molecule has 0 spiro atoms. The number of fused-ring (bicyclic) bond motifs is 2. The van der Waals surface area contributed by atoms with E-state index in [9.17, 15) is 0 Å². The predicted molar refractivity (Wildman–Crippen MR) is 166 cm³/mol. The van der Waals surface area contributed by atoms with Crippen molar-refractivity contribution >= 4 is 118 Å². The van der Waals surface area contributed by atoms with Gasteiger partial charge in [0.2, 0.25) is 0 Å². The predicted octanol–water partition coefficient (Wildman–Crippen LogP) is 11.0. The first-order valence-corrected chi connectivity index (χ1v) is 13.5. The molecule has 0 aliphatic carbocycles. The van der Waals surface area contributed by atoms with Crippen LogP contribution in [0.1, 0.15) is 0 Å². The maximum Gasteiger partial charge on any atom is -0.0000260 e. The molecule has 0 N–H and O–H groups in total. The first kappa shape index (κ1) is 17.5. The fourth-order valence-corrected chi connectivity index (χ4v) is 8.84. The highest BCUT2D eigenvalue weighted by Crippen LogP contribution is 2.57. The van der Waals surface area contributed by atoms with Gasteiger partial charge in [-0.05, 0) is 131 Å². The summed E-state index contributed by atoms with van der Waals surface area (Å²) in [6.45, 7) is 0. The lowest BCUT2D eigenvalue weighted by Crippen LogP contribution is -1.98. The van der Waals surface area contributed by atoms with Crippen LogP contribution < -0.4 is 0 Å². The Bertz CT molecular complexity index is 2920. The van der Waals surface area contributed by atoms with E-state index in [2.05, 4.69) is 97.1 Å². The van der Waals surface area contributed by atoms with Crippen molar-refractivity contribution in [1.82, 2.24) is 0 Å². The van der Waals surface area contributed by atoms with Crippen LogP contribution in [0.2, 0.25) is 0 Å². The summed E-state index contributed by atoms with van der Waals surface area (Å²) in [4.78, 5) is 0. The van der Waals surface area contributed by atoms with E-state index in [-0.39, 0.29) is 0 Å². The van der Waals surface area contributed by atoms with Crippen LogP contribution in [-0.2, 0) is 0 Å². The van der Waals surface area contributed by atoms with Crippen molar-refractivity contribution < 1.29 is 0 Å². The topological polar surface area (TPSA) is 0 Å². The molecule has 0 saturated carbocycles. The van der Waals surface area contributed by atoms with Gasteiger partial charge >= 0.3 is 0 Å². The van der Waals surface area contributed by atoms with Crippen molar-refractivity contribution in [3.05, 3.63) is 97.1 Å². The fraction of sp³-hybridized carbons (Fsp3) is 0. The van der Waals surface area contributed by atoms with Gasteiger partial charge in [0.15, 0.2) is 0 Å². The first-order valence-electron chi connectivity index (χ1n) is 13.5. The molecule has 0 aromatic heterocycles. The summed E-state index contributed by atoms with van der Waals surface area (Å²) >= 11 is 0. The van der Waals surface area contributed by atoms with Gasteiger partial charge in [-0.1, -0.05) is 84.9 Å². The summed E-state index contributed by atoms with van der Waals surface area (Å²) in [5.41, 5.74) is 0. The highest BCUT2D eigenvalue weighted by molar-refractivity contribution is 6.58. The van der Waals surface area contributed by atoms with Gasteiger partial charge in [-0.2, -0.15) is 0 Å². The van der Waals surface area contributed by atoms with Crippen molar-refractivity contribution in [1.29, 1.82) is 0 Å². The van der Waals surface area contributed by atoms with Crippen LogP contribution in [0.5, 0.6) is 0 Å². The molecule has 0 fully saturated rings. The molecule has 0 saturated heterocycles. The number of hydrogen-bond acceptors (Lipinski definition) is 0. The molecule has 0 aliphatic heterocycles. The van der Waals surface area contributed by atoms with Crippen molar-refractivity contribution in [3.8, 4) is 0 Å². The third-order valence-corrected chi connectivity index (χ3v) is 10.1.